The van der Waals surface area contributed by atoms with Crippen LogP contribution in [-0.2, 0) is 5.41 Å². The summed E-state index contributed by atoms with van der Waals surface area (Å²) in [6.07, 6.45) is 3.62. The summed E-state index contributed by atoms with van der Waals surface area (Å²) < 4.78 is 1.65. The Morgan fingerprint density at radius 3 is 2.77 bits per heavy atom. The van der Waals surface area contributed by atoms with E-state index in [-0.39, 0.29) is 11.3 Å². The molecule has 4 aromatic rings. The first-order chi connectivity index (χ1) is 12.4. The van der Waals surface area contributed by atoms with E-state index in [1.54, 1.807) is 16.8 Å². The van der Waals surface area contributed by atoms with E-state index in [1.165, 1.54) is 0 Å². The molecular weight excluding hydrogens is 326 g/mol. The molecular formula is C20H19N5O. The lowest BCUT2D eigenvalue weighted by Gasteiger charge is -2.13. The van der Waals surface area contributed by atoms with Crippen molar-refractivity contribution < 1.29 is 4.79 Å². The summed E-state index contributed by atoms with van der Waals surface area (Å²) in [4.78, 5) is 21.4. The highest BCUT2D eigenvalue weighted by atomic mass is 16.1. The van der Waals surface area contributed by atoms with Crippen LogP contribution >= 0.6 is 0 Å². The Morgan fingerprint density at radius 1 is 1.12 bits per heavy atom. The molecule has 3 heterocycles. The molecule has 0 atom stereocenters. The van der Waals surface area contributed by atoms with Crippen molar-refractivity contribution >= 4 is 28.1 Å². The van der Waals surface area contributed by atoms with Crippen LogP contribution in [0.4, 0.5) is 5.69 Å². The van der Waals surface area contributed by atoms with E-state index in [1.807, 2.05) is 42.6 Å². The van der Waals surface area contributed by atoms with Gasteiger partial charge in [-0.05, 0) is 36.4 Å². The second-order valence-electron chi connectivity index (χ2n) is 7.26. The fourth-order valence-corrected chi connectivity index (χ4v) is 2.71. The third-order valence-electron chi connectivity index (χ3n) is 4.18. The standard InChI is InChI=1S/C20H19N5O/c1-20(2,3)17-12-25-18(23-17)9-8-16(24-25)19(26)22-14-6-7-15-13(11-14)5-4-10-21-15/h4-12H,1-3H3,(H,22,26). The number of rotatable bonds is 2. The zero-order valence-corrected chi connectivity index (χ0v) is 14.9. The molecule has 0 bridgehead atoms. The molecule has 0 fully saturated rings. The third-order valence-corrected chi connectivity index (χ3v) is 4.18. The maximum absolute atomic E-state index is 12.6. The average Bonchev–Trinajstić information content (AvgIpc) is 3.05. The van der Waals surface area contributed by atoms with Gasteiger partial charge in [-0.1, -0.05) is 26.8 Å². The number of carbonyl (C=O) groups is 1. The van der Waals surface area contributed by atoms with Crippen LogP contribution in [0.3, 0.4) is 0 Å². The van der Waals surface area contributed by atoms with Gasteiger partial charge in [0, 0.05) is 22.7 Å². The maximum atomic E-state index is 12.6. The SMILES string of the molecule is CC(C)(C)c1cn2nc(C(=O)Nc3ccc4ncccc4c3)ccc2n1. The van der Waals surface area contributed by atoms with Crippen LogP contribution in [0.5, 0.6) is 0 Å². The van der Waals surface area contributed by atoms with Crippen LogP contribution in [0, 0.1) is 0 Å². The van der Waals surface area contributed by atoms with Crippen LogP contribution in [0.25, 0.3) is 16.6 Å². The van der Waals surface area contributed by atoms with Crippen LogP contribution in [-0.4, -0.2) is 25.5 Å². The number of nitrogens with zero attached hydrogens (tertiary/aromatic N) is 4. The van der Waals surface area contributed by atoms with Crippen LogP contribution in [0.2, 0.25) is 0 Å². The molecule has 130 valence electrons. The number of carbonyl (C=O) groups excluding carboxylic acids is 1. The highest BCUT2D eigenvalue weighted by Gasteiger charge is 2.18. The fourth-order valence-electron chi connectivity index (χ4n) is 2.71. The largest absolute Gasteiger partial charge is 0.321 e. The molecule has 1 N–H and O–H groups in total. The molecule has 0 aliphatic heterocycles. The Hall–Kier alpha value is -3.28. The zero-order valence-electron chi connectivity index (χ0n) is 14.9. The van der Waals surface area contributed by atoms with Gasteiger partial charge >= 0.3 is 0 Å². The summed E-state index contributed by atoms with van der Waals surface area (Å²) >= 11 is 0. The molecule has 26 heavy (non-hydrogen) atoms. The van der Waals surface area contributed by atoms with Gasteiger partial charge in [0.2, 0.25) is 0 Å². The second-order valence-corrected chi connectivity index (χ2v) is 7.26. The number of imidazole rings is 1. The van der Waals surface area contributed by atoms with Crippen molar-refractivity contribution in [1.82, 2.24) is 19.6 Å². The Bertz CT molecular complexity index is 1120. The van der Waals surface area contributed by atoms with Crippen molar-refractivity contribution in [2.24, 2.45) is 0 Å². The lowest BCUT2D eigenvalue weighted by Crippen LogP contribution is -2.15. The monoisotopic (exact) mass is 345 g/mol. The molecule has 0 saturated heterocycles. The van der Waals surface area contributed by atoms with Crippen molar-refractivity contribution in [3.05, 3.63) is 66.2 Å². The van der Waals surface area contributed by atoms with Gasteiger partial charge in [0.15, 0.2) is 5.65 Å². The molecule has 0 spiro atoms. The first-order valence-corrected chi connectivity index (χ1v) is 8.43. The maximum Gasteiger partial charge on any atom is 0.276 e. The van der Waals surface area contributed by atoms with Gasteiger partial charge in [0.05, 0.1) is 17.4 Å². The van der Waals surface area contributed by atoms with E-state index in [9.17, 15) is 4.79 Å². The molecule has 0 saturated carbocycles. The molecule has 4 rings (SSSR count). The van der Waals surface area contributed by atoms with Gasteiger partial charge in [0.25, 0.3) is 5.91 Å². The van der Waals surface area contributed by atoms with Gasteiger partial charge in [-0.2, -0.15) is 5.10 Å². The van der Waals surface area contributed by atoms with E-state index in [0.717, 1.165) is 22.2 Å². The van der Waals surface area contributed by atoms with Gasteiger partial charge in [-0.3, -0.25) is 9.78 Å². The number of fused-ring (bicyclic) bond motifs is 2. The predicted molar refractivity (Wildman–Crippen MR) is 101 cm³/mol. The van der Waals surface area contributed by atoms with E-state index in [2.05, 4.69) is 41.2 Å². The average molecular weight is 345 g/mol. The van der Waals surface area contributed by atoms with E-state index < -0.39 is 0 Å². The molecule has 0 aliphatic rings. The molecule has 0 radical (unpaired) electrons. The lowest BCUT2D eigenvalue weighted by molar-refractivity contribution is 0.102. The van der Waals surface area contributed by atoms with Gasteiger partial charge in [0.1, 0.15) is 5.69 Å². The molecule has 1 aromatic carbocycles. The van der Waals surface area contributed by atoms with Gasteiger partial charge in [-0.15, -0.1) is 0 Å². The number of amides is 1. The molecule has 6 nitrogen and oxygen atoms in total. The predicted octanol–water partition coefficient (Wildman–Crippen LogP) is 3.83. The number of pyridine rings is 1. The highest BCUT2D eigenvalue weighted by Crippen LogP contribution is 2.21. The van der Waals surface area contributed by atoms with E-state index in [4.69, 9.17) is 0 Å². The minimum absolute atomic E-state index is 0.0742. The minimum atomic E-state index is -0.263. The summed E-state index contributed by atoms with van der Waals surface area (Å²) in [5.41, 5.74) is 3.51. The number of hydrogen-bond acceptors (Lipinski definition) is 4. The van der Waals surface area contributed by atoms with Crippen LogP contribution in [0.15, 0.2) is 54.9 Å². The topological polar surface area (TPSA) is 72.2 Å². The number of benzene rings is 1. The molecule has 6 heteroatoms. The Morgan fingerprint density at radius 2 is 1.96 bits per heavy atom. The lowest BCUT2D eigenvalue weighted by atomic mass is 9.93. The van der Waals surface area contributed by atoms with Crippen LogP contribution < -0.4 is 5.32 Å². The molecule has 1 amide bonds. The summed E-state index contributed by atoms with van der Waals surface area (Å²) in [6, 6.07) is 12.9. The summed E-state index contributed by atoms with van der Waals surface area (Å²) in [5, 5.41) is 8.26. The number of nitrogens with one attached hydrogen (secondary N) is 1. The summed E-state index contributed by atoms with van der Waals surface area (Å²) in [7, 11) is 0. The van der Waals surface area contributed by atoms with Crippen molar-refractivity contribution in [1.29, 1.82) is 0 Å². The van der Waals surface area contributed by atoms with E-state index >= 15 is 0 Å². The summed E-state index contributed by atoms with van der Waals surface area (Å²) in [5.74, 6) is -0.263. The normalized spacial score (nSPS) is 11.8. The van der Waals surface area contributed by atoms with Crippen LogP contribution in [0.1, 0.15) is 37.0 Å². The Kier molecular flexibility index (Phi) is 3.68. The molecule has 3 aromatic heterocycles. The second kappa shape index (κ2) is 5.91. The number of anilines is 1. The first-order valence-electron chi connectivity index (χ1n) is 8.43. The Balaban J connectivity index is 1.62. The minimum Gasteiger partial charge on any atom is -0.321 e. The van der Waals surface area contributed by atoms with Gasteiger partial charge < -0.3 is 5.32 Å². The number of aromatic nitrogens is 4. The van der Waals surface area contributed by atoms with Crippen molar-refractivity contribution in [3.8, 4) is 0 Å². The highest BCUT2D eigenvalue weighted by molar-refractivity contribution is 6.03. The van der Waals surface area contributed by atoms with Gasteiger partial charge in [-0.25, -0.2) is 9.50 Å². The zero-order chi connectivity index (χ0) is 18.3. The molecule has 0 unspecified atom stereocenters. The third kappa shape index (κ3) is 3.01. The molecule has 0 aliphatic carbocycles. The number of hydrogen-bond donors (Lipinski definition) is 1. The van der Waals surface area contributed by atoms with Crippen molar-refractivity contribution in [3.63, 3.8) is 0 Å². The quantitative estimate of drug-likeness (QED) is 0.599. The smallest absolute Gasteiger partial charge is 0.276 e. The van der Waals surface area contributed by atoms with E-state index in [0.29, 0.717) is 11.4 Å². The van der Waals surface area contributed by atoms with Crippen molar-refractivity contribution in [2.75, 3.05) is 5.32 Å². The summed E-state index contributed by atoms with van der Waals surface area (Å²) in [6.45, 7) is 6.28. The Labute approximate surface area is 150 Å². The van der Waals surface area contributed by atoms with Crippen molar-refractivity contribution in [2.45, 2.75) is 26.2 Å². The first kappa shape index (κ1) is 16.2. The fraction of sp³-hybridized carbons (Fsp3) is 0.200.